The number of aromatic nitrogens is 3. The Hall–Kier alpha value is -1.98. The predicted molar refractivity (Wildman–Crippen MR) is 95.4 cm³/mol. The first kappa shape index (κ1) is 15.9. The standard InChI is InChI=1S/C18H22N4S/c1-14(12-22-9-8-20-15(22)2)10-19-11-18-21-17(13-23-18)16-6-4-3-5-7-16/h3-9,13-14,19H,10-12H2,1-2H3. The number of nitrogens with zero attached hydrogens (tertiary/aromatic N) is 3. The van der Waals surface area contributed by atoms with Gasteiger partial charge in [-0.2, -0.15) is 0 Å². The fourth-order valence-electron chi connectivity index (χ4n) is 2.56. The Labute approximate surface area is 141 Å². The van der Waals surface area contributed by atoms with Crippen molar-refractivity contribution in [2.75, 3.05) is 6.54 Å². The minimum Gasteiger partial charge on any atom is -0.335 e. The maximum atomic E-state index is 4.71. The summed E-state index contributed by atoms with van der Waals surface area (Å²) in [7, 11) is 0. The van der Waals surface area contributed by atoms with Crippen LogP contribution in [-0.4, -0.2) is 21.1 Å². The third kappa shape index (κ3) is 4.27. The van der Waals surface area contributed by atoms with E-state index in [1.807, 2.05) is 37.5 Å². The second-order valence-corrected chi connectivity index (χ2v) is 6.80. The van der Waals surface area contributed by atoms with Gasteiger partial charge in [-0.3, -0.25) is 0 Å². The zero-order valence-corrected chi connectivity index (χ0v) is 14.4. The Morgan fingerprint density at radius 3 is 2.83 bits per heavy atom. The third-order valence-electron chi connectivity index (χ3n) is 3.82. The number of imidazole rings is 1. The van der Waals surface area contributed by atoms with Crippen LogP contribution in [0.25, 0.3) is 11.3 Å². The van der Waals surface area contributed by atoms with E-state index in [-0.39, 0.29) is 0 Å². The number of benzene rings is 1. The summed E-state index contributed by atoms with van der Waals surface area (Å²) in [4.78, 5) is 8.97. The van der Waals surface area contributed by atoms with Crippen LogP contribution in [0.15, 0.2) is 48.1 Å². The normalized spacial score (nSPS) is 12.4. The van der Waals surface area contributed by atoms with Gasteiger partial charge in [-0.25, -0.2) is 9.97 Å². The molecule has 1 aromatic carbocycles. The molecule has 0 aliphatic heterocycles. The Kier molecular flexibility index (Phi) is 5.20. The Morgan fingerprint density at radius 1 is 1.26 bits per heavy atom. The molecule has 3 rings (SSSR count). The van der Waals surface area contributed by atoms with Gasteiger partial charge in [0.25, 0.3) is 0 Å². The first-order valence-corrected chi connectivity index (χ1v) is 8.78. The highest BCUT2D eigenvalue weighted by Gasteiger charge is 2.07. The van der Waals surface area contributed by atoms with Crippen molar-refractivity contribution in [3.05, 3.63) is 58.9 Å². The number of nitrogens with one attached hydrogen (secondary N) is 1. The molecule has 5 heteroatoms. The van der Waals surface area contributed by atoms with Crippen molar-refractivity contribution in [1.82, 2.24) is 19.9 Å². The molecule has 1 atom stereocenters. The second kappa shape index (κ2) is 7.53. The van der Waals surface area contributed by atoms with Crippen LogP contribution in [0.1, 0.15) is 17.8 Å². The molecular formula is C18H22N4S. The van der Waals surface area contributed by atoms with E-state index >= 15 is 0 Å². The lowest BCUT2D eigenvalue weighted by molar-refractivity contribution is 0.440. The maximum absolute atomic E-state index is 4.71. The van der Waals surface area contributed by atoms with Crippen molar-refractivity contribution in [3.63, 3.8) is 0 Å². The highest BCUT2D eigenvalue weighted by atomic mass is 32.1. The number of thiazole rings is 1. The highest BCUT2D eigenvalue weighted by Crippen LogP contribution is 2.21. The summed E-state index contributed by atoms with van der Waals surface area (Å²) in [5.74, 6) is 1.63. The van der Waals surface area contributed by atoms with Gasteiger partial charge < -0.3 is 9.88 Å². The predicted octanol–water partition coefficient (Wildman–Crippen LogP) is 3.74. The molecule has 1 N–H and O–H groups in total. The summed E-state index contributed by atoms with van der Waals surface area (Å²) in [6.45, 7) is 7.08. The molecule has 23 heavy (non-hydrogen) atoms. The van der Waals surface area contributed by atoms with Gasteiger partial charge in [0.05, 0.1) is 5.69 Å². The molecule has 0 bridgehead atoms. The Morgan fingerprint density at radius 2 is 2.09 bits per heavy atom. The Balaban J connectivity index is 1.48. The average molecular weight is 326 g/mol. The molecule has 1 unspecified atom stereocenters. The molecule has 3 aromatic rings. The summed E-state index contributed by atoms with van der Waals surface area (Å²) in [6, 6.07) is 10.3. The van der Waals surface area contributed by atoms with Crippen LogP contribution in [0.4, 0.5) is 0 Å². The minimum atomic E-state index is 0.552. The van der Waals surface area contributed by atoms with Gasteiger partial charge >= 0.3 is 0 Å². The lowest BCUT2D eigenvalue weighted by atomic mass is 10.2. The maximum Gasteiger partial charge on any atom is 0.107 e. The molecule has 0 saturated carbocycles. The molecule has 0 saturated heterocycles. The van der Waals surface area contributed by atoms with Gasteiger partial charge in [0.1, 0.15) is 10.8 Å². The first-order chi connectivity index (χ1) is 11.2. The van der Waals surface area contributed by atoms with Crippen LogP contribution in [0.2, 0.25) is 0 Å². The smallest absolute Gasteiger partial charge is 0.107 e. The summed E-state index contributed by atoms with van der Waals surface area (Å²) in [5, 5.41) is 6.78. The van der Waals surface area contributed by atoms with Gasteiger partial charge in [-0.15, -0.1) is 11.3 Å². The molecular weight excluding hydrogens is 304 g/mol. The van der Waals surface area contributed by atoms with Gasteiger partial charge in [0.15, 0.2) is 0 Å². The lowest BCUT2D eigenvalue weighted by Gasteiger charge is -2.13. The summed E-state index contributed by atoms with van der Waals surface area (Å²) in [6.07, 6.45) is 3.90. The quantitative estimate of drug-likeness (QED) is 0.719. The lowest BCUT2D eigenvalue weighted by Crippen LogP contribution is -2.24. The van der Waals surface area contributed by atoms with Gasteiger partial charge in [-0.05, 0) is 19.4 Å². The number of rotatable bonds is 7. The molecule has 0 spiro atoms. The van der Waals surface area contributed by atoms with Crippen LogP contribution in [-0.2, 0) is 13.1 Å². The fourth-order valence-corrected chi connectivity index (χ4v) is 3.33. The van der Waals surface area contributed by atoms with Crippen LogP contribution in [0.5, 0.6) is 0 Å². The monoisotopic (exact) mass is 326 g/mol. The Bertz CT molecular complexity index is 732. The molecule has 0 amide bonds. The SMILES string of the molecule is Cc1nccn1CC(C)CNCc1nc(-c2ccccc2)cs1. The molecule has 2 aromatic heterocycles. The first-order valence-electron chi connectivity index (χ1n) is 7.90. The van der Waals surface area contributed by atoms with Crippen molar-refractivity contribution in [2.24, 2.45) is 5.92 Å². The van der Waals surface area contributed by atoms with Crippen LogP contribution in [0.3, 0.4) is 0 Å². The van der Waals surface area contributed by atoms with Crippen molar-refractivity contribution in [2.45, 2.75) is 26.9 Å². The molecule has 120 valence electrons. The molecule has 4 nitrogen and oxygen atoms in total. The van der Waals surface area contributed by atoms with Crippen LogP contribution < -0.4 is 5.32 Å². The highest BCUT2D eigenvalue weighted by molar-refractivity contribution is 7.09. The van der Waals surface area contributed by atoms with Crippen LogP contribution in [0, 0.1) is 12.8 Å². The number of aryl methyl sites for hydroxylation is 1. The zero-order valence-electron chi connectivity index (χ0n) is 13.6. The van der Waals surface area contributed by atoms with E-state index in [1.54, 1.807) is 11.3 Å². The van der Waals surface area contributed by atoms with E-state index in [2.05, 4.69) is 39.3 Å². The molecule has 2 heterocycles. The van der Waals surface area contributed by atoms with Gasteiger partial charge in [0, 0.05) is 36.4 Å². The van der Waals surface area contributed by atoms with Crippen molar-refractivity contribution >= 4 is 11.3 Å². The third-order valence-corrected chi connectivity index (χ3v) is 4.67. The summed E-state index contributed by atoms with van der Waals surface area (Å²) < 4.78 is 2.20. The van der Waals surface area contributed by atoms with Crippen molar-refractivity contribution in [3.8, 4) is 11.3 Å². The average Bonchev–Trinajstić information content (AvgIpc) is 3.18. The second-order valence-electron chi connectivity index (χ2n) is 5.86. The zero-order chi connectivity index (χ0) is 16.1. The summed E-state index contributed by atoms with van der Waals surface area (Å²) in [5.41, 5.74) is 2.24. The largest absolute Gasteiger partial charge is 0.335 e. The van der Waals surface area contributed by atoms with E-state index < -0.39 is 0 Å². The van der Waals surface area contributed by atoms with Crippen molar-refractivity contribution < 1.29 is 0 Å². The molecule has 0 aliphatic rings. The van der Waals surface area contributed by atoms with E-state index in [0.717, 1.165) is 36.2 Å². The summed E-state index contributed by atoms with van der Waals surface area (Å²) >= 11 is 1.72. The van der Waals surface area contributed by atoms with E-state index in [4.69, 9.17) is 4.98 Å². The molecule has 0 radical (unpaired) electrons. The van der Waals surface area contributed by atoms with Gasteiger partial charge in [0.2, 0.25) is 0 Å². The number of hydrogen-bond acceptors (Lipinski definition) is 4. The minimum absolute atomic E-state index is 0.552. The molecule has 0 fully saturated rings. The topological polar surface area (TPSA) is 42.7 Å². The molecule has 0 aliphatic carbocycles. The van der Waals surface area contributed by atoms with Crippen LogP contribution >= 0.6 is 11.3 Å². The van der Waals surface area contributed by atoms with Crippen molar-refractivity contribution in [1.29, 1.82) is 0 Å². The van der Waals surface area contributed by atoms with E-state index in [0.29, 0.717) is 5.92 Å². The fraction of sp³-hybridized carbons (Fsp3) is 0.333. The van der Waals surface area contributed by atoms with Gasteiger partial charge in [-0.1, -0.05) is 37.3 Å². The van der Waals surface area contributed by atoms with E-state index in [1.165, 1.54) is 5.56 Å². The van der Waals surface area contributed by atoms with E-state index in [9.17, 15) is 0 Å². The number of hydrogen-bond donors (Lipinski definition) is 1.